The summed E-state index contributed by atoms with van der Waals surface area (Å²) in [5.74, 6) is 3.14. The van der Waals surface area contributed by atoms with Gasteiger partial charge in [0.25, 0.3) is 0 Å². The van der Waals surface area contributed by atoms with Crippen LogP contribution in [0.25, 0.3) is 0 Å². The van der Waals surface area contributed by atoms with E-state index in [4.69, 9.17) is 0 Å². The van der Waals surface area contributed by atoms with E-state index in [0.29, 0.717) is 18.3 Å². The van der Waals surface area contributed by atoms with Gasteiger partial charge in [-0.3, -0.25) is 4.79 Å². The Labute approximate surface area is 134 Å². The first-order valence-electron chi connectivity index (χ1n) is 9.36. The molecule has 2 heteroatoms. The maximum absolute atomic E-state index is 11.9. The monoisotopic (exact) mass is 302 g/mol. The van der Waals surface area contributed by atoms with Crippen LogP contribution in [0.3, 0.4) is 0 Å². The summed E-state index contributed by atoms with van der Waals surface area (Å²) in [6.07, 6.45) is 11.4. The minimum absolute atomic E-state index is 0.239. The second kappa shape index (κ2) is 4.93. The van der Waals surface area contributed by atoms with Gasteiger partial charge in [0.1, 0.15) is 0 Å². The van der Waals surface area contributed by atoms with Crippen LogP contribution in [0, 0.1) is 34.5 Å². The third kappa shape index (κ3) is 1.85. The molecule has 0 spiro atoms. The zero-order valence-corrected chi connectivity index (χ0v) is 14.1. The lowest BCUT2D eigenvalue weighted by Crippen LogP contribution is -2.52. The third-order valence-electron chi connectivity index (χ3n) is 8.12. The Morgan fingerprint density at radius 1 is 1.23 bits per heavy atom. The van der Waals surface area contributed by atoms with Crippen molar-refractivity contribution < 1.29 is 9.90 Å². The van der Waals surface area contributed by atoms with E-state index in [-0.39, 0.29) is 10.8 Å². The van der Waals surface area contributed by atoms with E-state index in [1.54, 1.807) is 0 Å². The lowest BCUT2D eigenvalue weighted by molar-refractivity contribution is -0.118. The minimum Gasteiger partial charge on any atom is -0.396 e. The molecule has 4 aliphatic rings. The summed E-state index contributed by atoms with van der Waals surface area (Å²) in [7, 11) is 0. The second-order valence-electron chi connectivity index (χ2n) is 8.95. The van der Waals surface area contributed by atoms with E-state index < -0.39 is 0 Å². The van der Waals surface area contributed by atoms with Crippen molar-refractivity contribution in [3.8, 4) is 0 Å². The topological polar surface area (TPSA) is 37.3 Å². The number of carbonyl (C=O) groups excluding carboxylic acids is 1. The van der Waals surface area contributed by atoms with Gasteiger partial charge in [0.15, 0.2) is 5.78 Å². The van der Waals surface area contributed by atoms with Gasteiger partial charge in [-0.1, -0.05) is 25.8 Å². The van der Waals surface area contributed by atoms with Crippen molar-refractivity contribution in [1.29, 1.82) is 0 Å². The van der Waals surface area contributed by atoms with Crippen molar-refractivity contribution in [2.75, 3.05) is 6.61 Å². The molecule has 0 aromatic rings. The summed E-state index contributed by atoms with van der Waals surface area (Å²) in [6.45, 7) is 5.18. The van der Waals surface area contributed by atoms with Crippen molar-refractivity contribution in [2.45, 2.75) is 65.2 Å². The standard InChI is InChI=1S/C20H30O2/c1-13-10-15-16(19(2)8-5-14(22)11-18(13)19)6-9-20(12-21)7-3-4-17(15)20/h11,13,15-17,21H,3-10,12H2,1-2H3/t13-,15+,16-,17-,19+,20-/m0/s1. The van der Waals surface area contributed by atoms with Gasteiger partial charge in [-0.05, 0) is 79.1 Å². The number of hydrogen-bond acceptors (Lipinski definition) is 2. The van der Waals surface area contributed by atoms with Gasteiger partial charge in [0.2, 0.25) is 0 Å². The van der Waals surface area contributed by atoms with E-state index in [1.165, 1.54) is 44.1 Å². The summed E-state index contributed by atoms with van der Waals surface area (Å²) in [5, 5.41) is 10.1. The first-order valence-corrected chi connectivity index (χ1v) is 9.36. The van der Waals surface area contributed by atoms with Crippen molar-refractivity contribution in [3.05, 3.63) is 11.6 Å². The molecule has 122 valence electrons. The Balaban J connectivity index is 1.72. The number of ketones is 1. The number of aliphatic hydroxyl groups is 1. The third-order valence-corrected chi connectivity index (χ3v) is 8.12. The minimum atomic E-state index is 0.239. The summed E-state index contributed by atoms with van der Waals surface area (Å²) < 4.78 is 0. The number of fused-ring (bicyclic) bond motifs is 5. The van der Waals surface area contributed by atoms with Gasteiger partial charge >= 0.3 is 0 Å². The Kier molecular flexibility index (Phi) is 3.35. The molecular weight excluding hydrogens is 272 g/mol. The lowest BCUT2D eigenvalue weighted by atomic mass is 9.45. The first-order chi connectivity index (χ1) is 10.5. The van der Waals surface area contributed by atoms with Gasteiger partial charge in [0.05, 0.1) is 0 Å². The fraction of sp³-hybridized carbons (Fsp3) is 0.850. The molecule has 2 nitrogen and oxygen atoms in total. The molecule has 0 unspecified atom stereocenters. The molecule has 3 saturated carbocycles. The number of rotatable bonds is 1. The lowest BCUT2D eigenvalue weighted by Gasteiger charge is -2.59. The molecule has 0 aliphatic heterocycles. The van der Waals surface area contributed by atoms with Crippen LogP contribution in [-0.4, -0.2) is 17.5 Å². The molecule has 0 aromatic carbocycles. The maximum atomic E-state index is 11.9. The van der Waals surface area contributed by atoms with Crippen LogP contribution in [0.1, 0.15) is 65.2 Å². The average Bonchev–Trinajstić information content (AvgIpc) is 2.94. The van der Waals surface area contributed by atoms with Gasteiger partial charge in [-0.2, -0.15) is 0 Å². The second-order valence-corrected chi connectivity index (χ2v) is 8.95. The van der Waals surface area contributed by atoms with Crippen LogP contribution in [-0.2, 0) is 4.79 Å². The Bertz CT molecular complexity index is 522. The molecule has 4 rings (SSSR count). The molecule has 6 atom stereocenters. The molecule has 0 saturated heterocycles. The zero-order chi connectivity index (χ0) is 15.5. The van der Waals surface area contributed by atoms with E-state index in [1.807, 2.05) is 6.08 Å². The molecule has 0 radical (unpaired) electrons. The van der Waals surface area contributed by atoms with E-state index >= 15 is 0 Å². The summed E-state index contributed by atoms with van der Waals surface area (Å²) in [6, 6.07) is 0. The average molecular weight is 302 g/mol. The molecule has 0 bridgehead atoms. The van der Waals surface area contributed by atoms with Crippen molar-refractivity contribution >= 4 is 5.78 Å². The Hall–Kier alpha value is -0.630. The predicted molar refractivity (Wildman–Crippen MR) is 87.3 cm³/mol. The van der Waals surface area contributed by atoms with Crippen LogP contribution in [0.2, 0.25) is 0 Å². The van der Waals surface area contributed by atoms with E-state index in [9.17, 15) is 9.90 Å². The van der Waals surface area contributed by atoms with Crippen molar-refractivity contribution in [1.82, 2.24) is 0 Å². The number of carbonyl (C=O) groups is 1. The Morgan fingerprint density at radius 3 is 2.82 bits per heavy atom. The molecular formula is C20H30O2. The Morgan fingerprint density at radius 2 is 2.05 bits per heavy atom. The highest BCUT2D eigenvalue weighted by molar-refractivity contribution is 5.91. The SMILES string of the molecule is C[C@H]1C[C@H]2[C@@H]3CCC[C@@]3(CO)CC[C@@H]2[C@@]2(C)CCC(=O)C=C12. The van der Waals surface area contributed by atoms with Crippen LogP contribution < -0.4 is 0 Å². The largest absolute Gasteiger partial charge is 0.396 e. The summed E-state index contributed by atoms with van der Waals surface area (Å²) >= 11 is 0. The highest BCUT2D eigenvalue weighted by Crippen LogP contribution is 2.66. The highest BCUT2D eigenvalue weighted by atomic mass is 16.3. The van der Waals surface area contributed by atoms with Gasteiger partial charge < -0.3 is 5.11 Å². The van der Waals surface area contributed by atoms with E-state index in [2.05, 4.69) is 13.8 Å². The molecule has 1 N–H and O–H groups in total. The summed E-state index contributed by atoms with van der Waals surface area (Å²) in [4.78, 5) is 11.9. The van der Waals surface area contributed by atoms with E-state index in [0.717, 1.165) is 30.6 Å². The fourth-order valence-corrected chi connectivity index (χ4v) is 7.05. The molecule has 4 aliphatic carbocycles. The first kappa shape index (κ1) is 14.9. The predicted octanol–water partition coefficient (Wildman–Crippen LogP) is 4.13. The van der Waals surface area contributed by atoms with Crippen LogP contribution in [0.5, 0.6) is 0 Å². The van der Waals surface area contributed by atoms with Crippen LogP contribution in [0.15, 0.2) is 11.6 Å². The van der Waals surface area contributed by atoms with Gasteiger partial charge in [0, 0.05) is 13.0 Å². The summed E-state index contributed by atoms with van der Waals surface area (Å²) in [5.41, 5.74) is 1.95. The fourth-order valence-electron chi connectivity index (χ4n) is 7.05. The normalized spacial score (nSPS) is 50.9. The maximum Gasteiger partial charge on any atom is 0.155 e. The highest BCUT2D eigenvalue weighted by Gasteiger charge is 2.58. The smallest absolute Gasteiger partial charge is 0.155 e. The quantitative estimate of drug-likeness (QED) is 0.791. The number of aliphatic hydroxyl groups excluding tert-OH is 1. The van der Waals surface area contributed by atoms with Crippen LogP contribution >= 0.6 is 0 Å². The van der Waals surface area contributed by atoms with Gasteiger partial charge in [-0.25, -0.2) is 0 Å². The van der Waals surface area contributed by atoms with Crippen molar-refractivity contribution in [3.63, 3.8) is 0 Å². The molecule has 3 fully saturated rings. The molecule has 0 heterocycles. The van der Waals surface area contributed by atoms with Crippen molar-refractivity contribution in [2.24, 2.45) is 34.5 Å². The molecule has 0 amide bonds. The van der Waals surface area contributed by atoms with Gasteiger partial charge in [-0.15, -0.1) is 0 Å². The van der Waals surface area contributed by atoms with Crippen LogP contribution in [0.4, 0.5) is 0 Å². The zero-order valence-electron chi connectivity index (χ0n) is 14.1. The number of hydrogen-bond donors (Lipinski definition) is 1. The number of allylic oxidation sites excluding steroid dienone is 1. The molecule has 22 heavy (non-hydrogen) atoms. The molecule has 0 aromatic heterocycles.